The molecule has 12 amide bonds. The molecule has 57 heavy (non-hydrogen) atoms. The van der Waals surface area contributed by atoms with Crippen LogP contribution in [0.1, 0.15) is 0 Å². The SMILES string of the molecule is NCC(=O)NCC(=O)NCC(=O)NCC(=O)NCC(=O)N[C@@H](CO)C(=O)NCC(=O)NCC(=O)NCC(=O)NCC(=O)N[C@@H](CO)C(=O)NCC(=O)NCC(=O)O. The maximum absolute atomic E-state index is 12.3. The van der Waals surface area contributed by atoms with Gasteiger partial charge in [-0.05, 0) is 0 Å². The van der Waals surface area contributed by atoms with E-state index >= 15 is 0 Å². The zero-order valence-corrected chi connectivity index (χ0v) is 30.1. The Kier molecular flexibility index (Phi) is 24.9. The predicted molar refractivity (Wildman–Crippen MR) is 185 cm³/mol. The number of nitrogens with two attached hydrogens (primary N) is 1. The zero-order valence-electron chi connectivity index (χ0n) is 30.1. The topological polar surface area (TPSA) is 453 Å². The van der Waals surface area contributed by atoms with Crippen molar-refractivity contribution >= 4 is 76.9 Å². The summed E-state index contributed by atoms with van der Waals surface area (Å²) in [6, 6.07) is -3.10. The Labute approximate surface area is 321 Å². The van der Waals surface area contributed by atoms with Crippen molar-refractivity contribution in [1.29, 1.82) is 0 Å². The summed E-state index contributed by atoms with van der Waals surface area (Å²) in [5.74, 6) is -11.7. The lowest BCUT2D eigenvalue weighted by Crippen LogP contribution is -2.53. The van der Waals surface area contributed by atoms with Crippen molar-refractivity contribution in [2.45, 2.75) is 12.1 Å². The third kappa shape index (κ3) is 25.6. The molecule has 0 saturated carbocycles. The predicted octanol–water partition coefficient (Wildman–Crippen LogP) is -12.9. The summed E-state index contributed by atoms with van der Waals surface area (Å²) in [5.41, 5.74) is 5.07. The minimum atomic E-state index is -1.57. The molecule has 0 bridgehead atoms. The van der Waals surface area contributed by atoms with E-state index in [4.69, 9.17) is 10.8 Å². The molecule has 0 aromatic carbocycles. The summed E-state index contributed by atoms with van der Waals surface area (Å²) in [5, 5.41) is 52.6. The summed E-state index contributed by atoms with van der Waals surface area (Å²) in [6.07, 6.45) is 0. The second-order valence-corrected chi connectivity index (χ2v) is 10.9. The van der Waals surface area contributed by atoms with Gasteiger partial charge in [0, 0.05) is 0 Å². The van der Waals surface area contributed by atoms with Gasteiger partial charge in [0.2, 0.25) is 70.9 Å². The van der Waals surface area contributed by atoms with Crippen LogP contribution in [0.25, 0.3) is 0 Å². The number of carboxylic acid groups (broad SMARTS) is 1. The summed E-state index contributed by atoms with van der Waals surface area (Å²) < 4.78 is 0. The van der Waals surface area contributed by atoms with Crippen molar-refractivity contribution in [2.75, 3.05) is 85.2 Å². The molecule has 0 aliphatic rings. The largest absolute Gasteiger partial charge is 0.480 e. The van der Waals surface area contributed by atoms with Crippen molar-refractivity contribution in [1.82, 2.24) is 63.8 Å². The van der Waals surface area contributed by atoms with Gasteiger partial charge in [-0.1, -0.05) is 0 Å². The fourth-order valence-corrected chi connectivity index (χ4v) is 3.40. The summed E-state index contributed by atoms with van der Waals surface area (Å²) in [7, 11) is 0. The van der Waals surface area contributed by atoms with Crippen molar-refractivity contribution in [3.63, 3.8) is 0 Å². The quantitative estimate of drug-likeness (QED) is 0.0366. The molecule has 0 heterocycles. The Bertz CT molecular complexity index is 1510. The molecule has 0 aliphatic carbocycles. The molecule has 0 fully saturated rings. The van der Waals surface area contributed by atoms with E-state index < -0.39 is 168 Å². The van der Waals surface area contributed by atoms with E-state index in [0.29, 0.717) is 0 Å². The Balaban J connectivity index is 4.34. The van der Waals surface area contributed by atoms with Gasteiger partial charge < -0.3 is 84.9 Å². The fraction of sp³-hybridized carbons (Fsp3) is 0.536. The second-order valence-electron chi connectivity index (χ2n) is 10.9. The molecule has 0 saturated heterocycles. The minimum absolute atomic E-state index is 0.334. The van der Waals surface area contributed by atoms with E-state index in [1.54, 1.807) is 0 Å². The van der Waals surface area contributed by atoms with E-state index in [2.05, 4.69) is 58.5 Å². The van der Waals surface area contributed by atoms with Crippen LogP contribution in [0.15, 0.2) is 0 Å². The Morgan fingerprint density at radius 2 is 0.579 bits per heavy atom. The first-order valence-electron chi connectivity index (χ1n) is 16.3. The molecular formula is C28H45N13O16. The number of hydrogen-bond donors (Lipinski definition) is 16. The minimum Gasteiger partial charge on any atom is -0.480 e. The highest BCUT2D eigenvalue weighted by molar-refractivity contribution is 5.95. The standard InChI is InChI=1S/C28H45N13O16/c29-1-16(44)30-2-17(45)31-3-18(46)32-5-20(48)35-9-24(52)40-14(12-42)27(56)38-7-22(50)34-4-19(47)33-6-21(49)36-10-25(53)41-15(13-43)28(57)39-8-23(51)37-11-26(54)55/h14-15,42-43H,1-13,29H2,(H,30,44)(H,31,45)(H,32,46)(H,33,47)(H,34,50)(H,35,48)(H,36,49)(H,37,51)(H,38,56)(H,39,57)(H,40,52)(H,41,53)(H,54,55)/t14-,15-/m0/s1. The van der Waals surface area contributed by atoms with Gasteiger partial charge in [-0.15, -0.1) is 0 Å². The summed E-state index contributed by atoms with van der Waals surface area (Å²) in [4.78, 5) is 152. The van der Waals surface area contributed by atoms with E-state index in [-0.39, 0.29) is 6.54 Å². The highest BCUT2D eigenvalue weighted by Crippen LogP contribution is 1.86. The maximum atomic E-state index is 12.3. The van der Waals surface area contributed by atoms with Gasteiger partial charge in [-0.2, -0.15) is 0 Å². The summed E-state index contributed by atoms with van der Waals surface area (Å²) >= 11 is 0. The van der Waals surface area contributed by atoms with Crippen LogP contribution in [0.4, 0.5) is 0 Å². The van der Waals surface area contributed by atoms with Crippen LogP contribution in [0.5, 0.6) is 0 Å². The number of carbonyl (C=O) groups excluding carboxylic acids is 12. The van der Waals surface area contributed by atoms with Crippen LogP contribution in [-0.2, 0) is 62.3 Å². The Morgan fingerprint density at radius 1 is 0.351 bits per heavy atom. The first kappa shape index (κ1) is 50.0. The molecule has 2 atom stereocenters. The number of hydrogen-bond acceptors (Lipinski definition) is 16. The number of aliphatic hydroxyl groups excluding tert-OH is 2. The highest BCUT2D eigenvalue weighted by atomic mass is 16.4. The molecule has 0 rings (SSSR count). The average molecular weight is 820 g/mol. The summed E-state index contributed by atoms with van der Waals surface area (Å²) in [6.45, 7) is -8.52. The number of aliphatic carboxylic acids is 1. The molecule has 17 N–H and O–H groups in total. The fourth-order valence-electron chi connectivity index (χ4n) is 3.40. The smallest absolute Gasteiger partial charge is 0.322 e. The van der Waals surface area contributed by atoms with Crippen LogP contribution < -0.4 is 69.5 Å². The molecule has 0 radical (unpaired) electrons. The van der Waals surface area contributed by atoms with Crippen LogP contribution in [0, 0.1) is 0 Å². The second kappa shape index (κ2) is 28.4. The van der Waals surface area contributed by atoms with E-state index in [1.165, 1.54) is 0 Å². The van der Waals surface area contributed by atoms with Gasteiger partial charge in [0.15, 0.2) is 0 Å². The number of aliphatic hydroxyl groups is 2. The number of nitrogens with one attached hydrogen (secondary N) is 12. The molecule has 0 aromatic heterocycles. The molecule has 0 spiro atoms. The highest BCUT2D eigenvalue weighted by Gasteiger charge is 2.22. The lowest BCUT2D eigenvalue weighted by atomic mass is 10.3. The number of carboxylic acids is 1. The van der Waals surface area contributed by atoms with Crippen molar-refractivity contribution in [3.8, 4) is 0 Å². The molecule has 0 unspecified atom stereocenters. The number of rotatable bonds is 27. The van der Waals surface area contributed by atoms with E-state index in [9.17, 15) is 72.5 Å². The monoisotopic (exact) mass is 819 g/mol. The molecule has 29 nitrogen and oxygen atoms in total. The number of carbonyl (C=O) groups is 13. The third-order valence-corrected chi connectivity index (χ3v) is 6.26. The van der Waals surface area contributed by atoms with Gasteiger partial charge in [-0.3, -0.25) is 62.3 Å². The van der Waals surface area contributed by atoms with Gasteiger partial charge in [0.25, 0.3) is 0 Å². The van der Waals surface area contributed by atoms with Gasteiger partial charge in [0.1, 0.15) is 18.6 Å². The normalized spacial score (nSPS) is 11.1. The Morgan fingerprint density at radius 3 is 0.825 bits per heavy atom. The zero-order chi connectivity index (χ0) is 43.3. The lowest BCUT2D eigenvalue weighted by Gasteiger charge is -2.16. The molecule has 0 aromatic rings. The van der Waals surface area contributed by atoms with Crippen LogP contribution >= 0.6 is 0 Å². The van der Waals surface area contributed by atoms with E-state index in [0.717, 1.165) is 0 Å². The first-order chi connectivity index (χ1) is 26.9. The van der Waals surface area contributed by atoms with Crippen LogP contribution in [0.2, 0.25) is 0 Å². The molecule has 29 heteroatoms. The Hall–Kier alpha value is -7.01. The van der Waals surface area contributed by atoms with Crippen molar-refractivity contribution in [2.24, 2.45) is 5.73 Å². The molecular weight excluding hydrogens is 774 g/mol. The van der Waals surface area contributed by atoms with Crippen molar-refractivity contribution < 1.29 is 77.6 Å². The maximum Gasteiger partial charge on any atom is 0.322 e. The molecule has 318 valence electrons. The molecule has 0 aliphatic heterocycles. The number of amides is 12. The average Bonchev–Trinajstić information content (AvgIpc) is 3.18. The van der Waals surface area contributed by atoms with Crippen molar-refractivity contribution in [3.05, 3.63) is 0 Å². The van der Waals surface area contributed by atoms with Gasteiger partial charge >= 0.3 is 5.97 Å². The van der Waals surface area contributed by atoms with E-state index in [1.807, 2.05) is 5.32 Å². The third-order valence-electron chi connectivity index (χ3n) is 6.26. The van der Waals surface area contributed by atoms with Gasteiger partial charge in [-0.25, -0.2) is 0 Å². The van der Waals surface area contributed by atoms with Crippen LogP contribution in [0.3, 0.4) is 0 Å². The lowest BCUT2D eigenvalue weighted by molar-refractivity contribution is -0.138. The van der Waals surface area contributed by atoms with Crippen LogP contribution in [-0.4, -0.2) is 189 Å². The first-order valence-corrected chi connectivity index (χ1v) is 16.3. The van der Waals surface area contributed by atoms with Gasteiger partial charge in [0.05, 0.1) is 78.7 Å².